The number of amides is 1. The summed E-state index contributed by atoms with van der Waals surface area (Å²) in [5.41, 5.74) is -1.87. The van der Waals surface area contributed by atoms with Crippen LogP contribution in [0.2, 0.25) is 0 Å². The third-order valence-electron chi connectivity index (χ3n) is 2.65. The van der Waals surface area contributed by atoms with Crippen molar-refractivity contribution >= 4 is 25.3 Å². The first-order valence-corrected chi connectivity index (χ1v) is 8.45. The van der Waals surface area contributed by atoms with Crippen molar-refractivity contribution in [2.45, 2.75) is 36.7 Å². The topological polar surface area (TPSA) is 162 Å². The fourth-order valence-corrected chi connectivity index (χ4v) is 3.75. The molecule has 0 aromatic rings. The minimum atomic E-state index is -4.79. The van der Waals surface area contributed by atoms with E-state index in [1.807, 2.05) is 0 Å². The van der Waals surface area contributed by atoms with E-state index < -0.39 is 55.4 Å². The van der Waals surface area contributed by atoms with E-state index in [4.69, 9.17) is 9.84 Å². The van der Waals surface area contributed by atoms with Crippen LogP contribution in [0.3, 0.4) is 0 Å². The van der Waals surface area contributed by atoms with E-state index in [0.29, 0.717) is 11.8 Å². The maximum atomic E-state index is 11.1. The fourth-order valence-electron chi connectivity index (χ4n) is 1.78. The molecule has 0 unspecified atom stereocenters. The Hall–Kier alpha value is 1.81. The van der Waals surface area contributed by atoms with Crippen LogP contribution in [0.4, 0.5) is 0 Å². The van der Waals surface area contributed by atoms with Gasteiger partial charge < -0.3 is 39.7 Å². The number of aliphatic hydroxyl groups excluding tert-OH is 3. The van der Waals surface area contributed by atoms with Crippen molar-refractivity contribution in [3.63, 3.8) is 0 Å². The zero-order chi connectivity index (χ0) is 15.5. The molecule has 0 bridgehead atoms. The molecule has 9 nitrogen and oxygen atoms in total. The SMILES string of the molecule is CC(=O)N[C@@H]1[C@@H](O)[C@H](O)[C@@H](CO)O[C@@H]1SCP(=O)([O-])[O-].[Na+].[Na+]. The molecule has 1 aliphatic heterocycles. The Balaban J connectivity index is 0. The molecule has 1 saturated heterocycles. The van der Waals surface area contributed by atoms with Crippen LogP contribution in [0.5, 0.6) is 0 Å². The largest absolute Gasteiger partial charge is 1.00 e. The quantitative estimate of drug-likeness (QED) is 0.270. The van der Waals surface area contributed by atoms with Gasteiger partial charge in [-0.05, 0) is 0 Å². The van der Waals surface area contributed by atoms with Gasteiger partial charge in [0.25, 0.3) is 0 Å². The Labute approximate surface area is 176 Å². The number of thioether (sulfide) groups is 1. The summed E-state index contributed by atoms with van der Waals surface area (Å²) >= 11 is 0.572. The molecule has 0 radical (unpaired) electrons. The summed E-state index contributed by atoms with van der Waals surface area (Å²) in [7, 11) is -4.79. The molecule has 1 aliphatic rings. The zero-order valence-corrected chi connectivity index (χ0v) is 18.3. The predicted octanol–water partition coefficient (Wildman–Crippen LogP) is -9.46. The number of carbonyl (C=O) groups excluding carboxylic acids is 1. The summed E-state index contributed by atoms with van der Waals surface area (Å²) in [5.74, 6) is -0.523. The normalized spacial score (nSPS) is 31.6. The molecular formula is C9H16NNa2O8PS. The Morgan fingerprint density at radius 1 is 1.32 bits per heavy atom. The summed E-state index contributed by atoms with van der Waals surface area (Å²) < 4.78 is 15.9. The van der Waals surface area contributed by atoms with Gasteiger partial charge in [-0.15, -0.1) is 11.8 Å². The third-order valence-corrected chi connectivity index (χ3v) is 5.24. The van der Waals surface area contributed by atoms with Crippen LogP contribution < -0.4 is 74.2 Å². The molecular weight excluding hydrogens is 359 g/mol. The van der Waals surface area contributed by atoms with Crippen LogP contribution in [0.15, 0.2) is 0 Å². The van der Waals surface area contributed by atoms with Crippen molar-refractivity contribution in [3.05, 3.63) is 0 Å². The van der Waals surface area contributed by atoms with Crippen molar-refractivity contribution in [3.8, 4) is 0 Å². The summed E-state index contributed by atoms with van der Waals surface area (Å²) in [6.45, 7) is 0.569. The van der Waals surface area contributed by atoms with Crippen LogP contribution in [0, 0.1) is 0 Å². The van der Waals surface area contributed by atoms with E-state index in [0.717, 1.165) is 0 Å². The summed E-state index contributed by atoms with van der Waals surface area (Å²) in [6.07, 6.45) is -4.04. The van der Waals surface area contributed by atoms with E-state index in [1.165, 1.54) is 6.92 Å². The molecule has 0 aliphatic carbocycles. The summed E-state index contributed by atoms with van der Waals surface area (Å²) in [5, 5.41) is 30.9. The average molecular weight is 375 g/mol. The van der Waals surface area contributed by atoms with Crippen molar-refractivity contribution < 1.29 is 98.3 Å². The maximum Gasteiger partial charge on any atom is 1.00 e. The van der Waals surface area contributed by atoms with Gasteiger partial charge in [-0.2, -0.15) is 0 Å². The predicted molar refractivity (Wildman–Crippen MR) is 65.4 cm³/mol. The summed E-state index contributed by atoms with van der Waals surface area (Å²) in [4.78, 5) is 32.4. The Morgan fingerprint density at radius 3 is 2.27 bits per heavy atom. The molecule has 1 amide bonds. The number of nitrogens with one attached hydrogen (secondary N) is 1. The molecule has 118 valence electrons. The van der Waals surface area contributed by atoms with Crippen molar-refractivity contribution in [2.24, 2.45) is 0 Å². The monoisotopic (exact) mass is 375 g/mol. The summed E-state index contributed by atoms with van der Waals surface area (Å²) in [6, 6.07) is -1.10. The van der Waals surface area contributed by atoms with Crippen molar-refractivity contribution in [2.75, 3.05) is 12.1 Å². The van der Waals surface area contributed by atoms with Crippen LogP contribution in [0.1, 0.15) is 6.92 Å². The number of hydrogen-bond acceptors (Lipinski definition) is 9. The minimum Gasteiger partial charge on any atom is -0.810 e. The van der Waals surface area contributed by atoms with E-state index in [9.17, 15) is 29.4 Å². The maximum absolute atomic E-state index is 11.1. The third kappa shape index (κ3) is 8.26. The minimum absolute atomic E-state index is 0. The standard InChI is InChI=1S/C9H18NO8PS.2Na/c1-4(12)10-6-8(14)7(13)5(2-11)18-9(6)20-3-19(15,16)17;;/h5-9,11,13-14H,2-3H2,1H3,(H,10,12)(H2,15,16,17);;/q;2*+1/p-2/t5-,6-,7-,8-,9-;;/m1../s1. The van der Waals surface area contributed by atoms with Gasteiger partial charge >= 0.3 is 59.1 Å². The Bertz CT molecular complexity index is 400. The van der Waals surface area contributed by atoms with Gasteiger partial charge in [0.1, 0.15) is 23.7 Å². The number of hydrogen-bond donors (Lipinski definition) is 4. The molecule has 0 aromatic heterocycles. The Kier molecular flexibility index (Phi) is 13.5. The molecule has 0 saturated carbocycles. The van der Waals surface area contributed by atoms with Crippen LogP contribution >= 0.6 is 19.4 Å². The number of carbonyl (C=O) groups is 1. The second-order valence-electron chi connectivity index (χ2n) is 4.34. The zero-order valence-electron chi connectivity index (χ0n) is 12.5. The molecule has 1 heterocycles. The molecule has 22 heavy (non-hydrogen) atoms. The van der Waals surface area contributed by atoms with E-state index in [1.54, 1.807) is 0 Å². The van der Waals surface area contributed by atoms with Crippen molar-refractivity contribution in [1.82, 2.24) is 5.32 Å². The second kappa shape index (κ2) is 11.4. The molecule has 1 fully saturated rings. The molecule has 13 heteroatoms. The van der Waals surface area contributed by atoms with Gasteiger partial charge in [0.15, 0.2) is 0 Å². The second-order valence-corrected chi connectivity index (χ2v) is 7.39. The number of aliphatic hydroxyl groups is 3. The van der Waals surface area contributed by atoms with Gasteiger partial charge in [-0.3, -0.25) is 4.79 Å². The van der Waals surface area contributed by atoms with E-state index in [-0.39, 0.29) is 59.1 Å². The van der Waals surface area contributed by atoms with E-state index >= 15 is 0 Å². The number of ether oxygens (including phenoxy) is 1. The van der Waals surface area contributed by atoms with Gasteiger partial charge in [-0.1, -0.05) is 7.60 Å². The first kappa shape index (κ1) is 26.0. The smallest absolute Gasteiger partial charge is 0.810 e. The van der Waals surface area contributed by atoms with Crippen molar-refractivity contribution in [1.29, 1.82) is 0 Å². The van der Waals surface area contributed by atoms with Crippen LogP contribution in [-0.2, 0) is 14.1 Å². The van der Waals surface area contributed by atoms with Gasteiger partial charge in [0.05, 0.1) is 12.6 Å². The van der Waals surface area contributed by atoms with Crippen LogP contribution in [0.25, 0.3) is 0 Å². The fraction of sp³-hybridized carbons (Fsp3) is 0.889. The Morgan fingerprint density at radius 2 is 1.86 bits per heavy atom. The van der Waals surface area contributed by atoms with Gasteiger partial charge in [0, 0.05) is 12.4 Å². The van der Waals surface area contributed by atoms with Gasteiger partial charge in [-0.25, -0.2) is 0 Å². The molecule has 0 aromatic carbocycles. The first-order valence-electron chi connectivity index (χ1n) is 5.68. The van der Waals surface area contributed by atoms with Crippen LogP contribution in [-0.4, -0.2) is 63.1 Å². The van der Waals surface area contributed by atoms with Gasteiger partial charge in [0.2, 0.25) is 5.91 Å². The molecule has 5 atom stereocenters. The molecule has 4 N–H and O–H groups in total. The number of rotatable bonds is 5. The van der Waals surface area contributed by atoms with E-state index in [2.05, 4.69) is 5.32 Å². The first-order chi connectivity index (χ1) is 9.15. The average Bonchev–Trinajstić information content (AvgIpc) is 2.32. The molecule has 1 rings (SSSR count). The molecule has 0 spiro atoms.